The van der Waals surface area contributed by atoms with Crippen LogP contribution in [-0.4, -0.2) is 142 Å². The number of carbonyl (C=O) groups excluding carboxylic acids is 1. The molecule has 2 rings (SSSR count). The van der Waals surface area contributed by atoms with Crippen LogP contribution in [0.1, 0.15) is 200 Å². The van der Waals surface area contributed by atoms with Gasteiger partial charge in [-0.3, -0.25) is 4.79 Å². The van der Waals surface area contributed by atoms with Crippen LogP contribution in [0.15, 0.2) is 97.2 Å². The molecular weight excluding hydrogens is 993 g/mol. The van der Waals surface area contributed by atoms with E-state index in [-0.39, 0.29) is 19.6 Å². The molecule has 2 saturated heterocycles. The number of rotatable bonds is 48. The lowest BCUT2D eigenvalue weighted by atomic mass is 9.98. The molecule has 7 N–H and O–H groups in total. The zero-order chi connectivity index (χ0) is 56.5. The lowest BCUT2D eigenvalue weighted by molar-refractivity contribution is -0.332. The van der Waals surface area contributed by atoms with Crippen molar-refractivity contribution in [2.75, 3.05) is 33.0 Å². The minimum absolute atomic E-state index is 0.0401. The van der Waals surface area contributed by atoms with Crippen LogP contribution >= 0.6 is 0 Å². The first-order valence-electron chi connectivity index (χ1n) is 30.3. The molecule has 0 radical (unpaired) electrons. The number of hydrogen-bond acceptors (Lipinski definition) is 14. The van der Waals surface area contributed by atoms with E-state index in [1.165, 1.54) is 89.9 Å². The van der Waals surface area contributed by atoms with Crippen molar-refractivity contribution in [3.8, 4) is 0 Å². The predicted octanol–water partition coefficient (Wildman–Crippen LogP) is 11.4. The third-order valence-corrected chi connectivity index (χ3v) is 13.8. The minimum atomic E-state index is -1.72. The molecule has 0 aromatic carbocycles. The number of carbonyl (C=O) groups is 1. The molecule has 11 unspecified atom stereocenters. The van der Waals surface area contributed by atoms with Crippen molar-refractivity contribution in [2.45, 2.75) is 268 Å². The standard InChI is InChI=1S/C64H108O14/c1-3-5-7-9-11-13-15-17-19-21-23-24-25-26-27-28-29-31-33-35-37-39-41-43-45-47-56(66)76-53(50-73-48-46-44-42-40-38-36-34-32-30-22-20-18-16-14-12-10-8-6-4-2)51-74-63-62(72)60(70)58(68)55(78-63)52-75-64-61(71)59(69)57(67)54(49-65)77-64/h5,7,11,13,17,19-20,22-24,26-27,29,31,35,37,53-55,57-65,67-72H,3-4,6,8-10,12,14-16,18,21,25,28,30,32-34,36,38-52H2,1-2H3/b7-5-,13-11-,19-17-,22-20-,24-23-,27-26-,31-29-,37-35-. The van der Waals surface area contributed by atoms with E-state index < -0.39 is 86.7 Å². The summed E-state index contributed by atoms with van der Waals surface area (Å²) in [5.74, 6) is -0.411. The highest BCUT2D eigenvalue weighted by molar-refractivity contribution is 5.69. The third kappa shape index (κ3) is 35.6. The van der Waals surface area contributed by atoms with Gasteiger partial charge in [0.05, 0.1) is 26.4 Å². The van der Waals surface area contributed by atoms with Gasteiger partial charge in [0.1, 0.15) is 54.9 Å². The second kappa shape index (κ2) is 49.7. The summed E-state index contributed by atoms with van der Waals surface area (Å²) in [6.07, 6.45) is 50.3. The molecule has 2 heterocycles. The maximum atomic E-state index is 13.1. The summed E-state index contributed by atoms with van der Waals surface area (Å²) >= 11 is 0. The maximum Gasteiger partial charge on any atom is 0.306 e. The van der Waals surface area contributed by atoms with Gasteiger partial charge in [-0.05, 0) is 96.3 Å². The molecular formula is C64H108O14. The molecule has 0 aromatic rings. The van der Waals surface area contributed by atoms with E-state index in [2.05, 4.69) is 111 Å². The molecule has 2 aliphatic rings. The van der Waals surface area contributed by atoms with Crippen LogP contribution in [0, 0.1) is 0 Å². The van der Waals surface area contributed by atoms with E-state index >= 15 is 0 Å². The van der Waals surface area contributed by atoms with Crippen molar-refractivity contribution in [3.05, 3.63) is 97.2 Å². The molecule has 14 heteroatoms. The lowest BCUT2D eigenvalue weighted by Gasteiger charge is -2.42. The molecule has 2 aliphatic heterocycles. The highest BCUT2D eigenvalue weighted by atomic mass is 16.7. The highest BCUT2D eigenvalue weighted by Gasteiger charge is 2.47. The molecule has 0 spiro atoms. The van der Waals surface area contributed by atoms with E-state index in [1.807, 2.05) is 0 Å². The first-order valence-corrected chi connectivity index (χ1v) is 30.3. The average Bonchev–Trinajstić information content (AvgIpc) is 3.44. The normalized spacial score (nSPS) is 24.8. The molecule has 0 amide bonds. The first-order chi connectivity index (χ1) is 38.1. The van der Waals surface area contributed by atoms with Crippen molar-refractivity contribution in [1.29, 1.82) is 0 Å². The molecule has 14 nitrogen and oxygen atoms in total. The first kappa shape index (κ1) is 71.0. The number of unbranched alkanes of at least 4 members (excludes halogenated alkanes) is 18. The van der Waals surface area contributed by atoms with Crippen molar-refractivity contribution in [3.63, 3.8) is 0 Å². The quantitative estimate of drug-likeness (QED) is 0.0172. The van der Waals surface area contributed by atoms with Gasteiger partial charge in [-0.2, -0.15) is 0 Å². The Morgan fingerprint density at radius 1 is 0.436 bits per heavy atom. The van der Waals surface area contributed by atoms with Crippen molar-refractivity contribution >= 4 is 5.97 Å². The van der Waals surface area contributed by atoms with Gasteiger partial charge in [-0.25, -0.2) is 0 Å². The molecule has 0 bridgehead atoms. The Hall–Kier alpha value is -3.09. The largest absolute Gasteiger partial charge is 0.457 e. The summed E-state index contributed by atoms with van der Waals surface area (Å²) < 4.78 is 34.4. The van der Waals surface area contributed by atoms with E-state index in [0.717, 1.165) is 83.5 Å². The highest BCUT2D eigenvalue weighted by Crippen LogP contribution is 2.26. The number of esters is 1. The summed E-state index contributed by atoms with van der Waals surface area (Å²) in [5.41, 5.74) is 0. The number of allylic oxidation sites excluding steroid dienone is 16. The Morgan fingerprint density at radius 2 is 0.833 bits per heavy atom. The molecule has 11 atom stereocenters. The third-order valence-electron chi connectivity index (χ3n) is 13.8. The lowest BCUT2D eigenvalue weighted by Crippen LogP contribution is -2.61. The Kier molecular flexibility index (Phi) is 45.3. The van der Waals surface area contributed by atoms with Gasteiger partial charge in [0.25, 0.3) is 0 Å². The second-order valence-corrected chi connectivity index (χ2v) is 20.8. The monoisotopic (exact) mass is 1100 g/mol. The molecule has 78 heavy (non-hydrogen) atoms. The number of aliphatic hydroxyl groups is 7. The molecule has 0 aliphatic carbocycles. The van der Waals surface area contributed by atoms with E-state index in [9.17, 15) is 40.5 Å². The summed E-state index contributed by atoms with van der Waals surface area (Å²) in [6, 6.07) is 0. The fraction of sp³-hybridized carbons (Fsp3) is 0.734. The average molecular weight is 1100 g/mol. The van der Waals surface area contributed by atoms with Crippen molar-refractivity contribution < 1.29 is 69.0 Å². The topological polar surface area (TPSA) is 214 Å². The molecule has 2 fully saturated rings. The van der Waals surface area contributed by atoms with Gasteiger partial charge in [-0.1, -0.05) is 195 Å². The van der Waals surface area contributed by atoms with Gasteiger partial charge in [0.15, 0.2) is 12.6 Å². The maximum absolute atomic E-state index is 13.1. The van der Waals surface area contributed by atoms with Crippen molar-refractivity contribution in [1.82, 2.24) is 0 Å². The van der Waals surface area contributed by atoms with E-state index in [1.54, 1.807) is 0 Å². The fourth-order valence-corrected chi connectivity index (χ4v) is 8.97. The van der Waals surface area contributed by atoms with Crippen LogP contribution in [0.5, 0.6) is 0 Å². The summed E-state index contributed by atoms with van der Waals surface area (Å²) in [6.45, 7) is 3.52. The van der Waals surface area contributed by atoms with E-state index in [0.29, 0.717) is 13.0 Å². The number of hydrogen-bond donors (Lipinski definition) is 7. The Morgan fingerprint density at radius 3 is 1.32 bits per heavy atom. The summed E-state index contributed by atoms with van der Waals surface area (Å²) in [4.78, 5) is 13.1. The van der Waals surface area contributed by atoms with Crippen molar-refractivity contribution in [2.24, 2.45) is 0 Å². The van der Waals surface area contributed by atoms with E-state index in [4.69, 9.17) is 28.4 Å². The molecule has 0 aromatic heterocycles. The van der Waals surface area contributed by atoms with Crippen LogP contribution in [0.3, 0.4) is 0 Å². The van der Waals surface area contributed by atoms with Crippen LogP contribution in [0.2, 0.25) is 0 Å². The fourth-order valence-electron chi connectivity index (χ4n) is 8.97. The zero-order valence-corrected chi connectivity index (χ0v) is 48.1. The second-order valence-electron chi connectivity index (χ2n) is 20.8. The summed E-state index contributed by atoms with van der Waals surface area (Å²) in [7, 11) is 0. The predicted molar refractivity (Wildman–Crippen MR) is 311 cm³/mol. The summed E-state index contributed by atoms with van der Waals surface area (Å²) in [5, 5.41) is 72.4. The van der Waals surface area contributed by atoms with Gasteiger partial charge < -0.3 is 64.2 Å². The van der Waals surface area contributed by atoms with Gasteiger partial charge in [0, 0.05) is 13.0 Å². The molecule has 448 valence electrons. The SMILES string of the molecule is CC/C=C\C/C=C\C/C=C\C/C=C\C/C=C\C/C=C\C/C=C\CCCCCC(=O)OC(COCCCCCCCCCC/C=C\CCCCCCCCC)COC1OC(COC2OC(CO)C(O)C(O)C2O)C(O)C(O)C1O. The zero-order valence-electron chi connectivity index (χ0n) is 48.1. The van der Waals surface area contributed by atoms with Gasteiger partial charge in [-0.15, -0.1) is 0 Å². The van der Waals surface area contributed by atoms with Gasteiger partial charge >= 0.3 is 5.97 Å². The number of ether oxygens (including phenoxy) is 6. The molecule has 0 saturated carbocycles. The smallest absolute Gasteiger partial charge is 0.306 e. The van der Waals surface area contributed by atoms with Crippen LogP contribution < -0.4 is 0 Å². The minimum Gasteiger partial charge on any atom is -0.457 e. The Bertz CT molecular complexity index is 1660. The van der Waals surface area contributed by atoms with Crippen LogP contribution in [0.4, 0.5) is 0 Å². The number of aliphatic hydroxyl groups excluding tert-OH is 7. The van der Waals surface area contributed by atoms with Crippen LogP contribution in [-0.2, 0) is 33.2 Å². The Labute approximate surface area is 471 Å². The van der Waals surface area contributed by atoms with Gasteiger partial charge in [0.2, 0.25) is 0 Å². The Balaban J connectivity index is 1.73. The van der Waals surface area contributed by atoms with Crippen LogP contribution in [0.25, 0.3) is 0 Å².